The molecule has 0 spiro atoms. The monoisotopic (exact) mass is 471 g/mol. The molecular formula is C23H33N7O2S. The Morgan fingerprint density at radius 3 is 2.82 bits per heavy atom. The number of nitrogens with one attached hydrogen (secondary N) is 1. The number of nitrogens with two attached hydrogens (primary N) is 1. The Hall–Kier alpha value is -2.33. The predicted molar refractivity (Wildman–Crippen MR) is 129 cm³/mol. The average molecular weight is 472 g/mol. The van der Waals surface area contributed by atoms with Crippen molar-refractivity contribution in [2.75, 3.05) is 30.3 Å². The summed E-state index contributed by atoms with van der Waals surface area (Å²) in [5.74, 6) is 1.73. The molecule has 2 amide bonds. The Bertz CT molecular complexity index is 1060. The second kappa shape index (κ2) is 9.13. The first-order valence-electron chi connectivity index (χ1n) is 12.0. The molecule has 3 saturated heterocycles. The molecule has 0 radical (unpaired) electrons. The van der Waals surface area contributed by atoms with Crippen molar-refractivity contribution in [2.45, 2.75) is 63.4 Å². The van der Waals surface area contributed by atoms with E-state index in [2.05, 4.69) is 17.1 Å². The highest BCUT2D eigenvalue weighted by Gasteiger charge is 2.40. The Morgan fingerprint density at radius 2 is 2.06 bits per heavy atom. The first-order valence-corrected chi connectivity index (χ1v) is 13.0. The number of thioether (sulfide) groups is 1. The molecule has 9 nitrogen and oxygen atoms in total. The third kappa shape index (κ3) is 4.42. The number of anilines is 1. The van der Waals surface area contributed by atoms with E-state index in [1.807, 2.05) is 21.7 Å². The zero-order chi connectivity index (χ0) is 23.1. The largest absolute Gasteiger partial charge is 0.355 e. The van der Waals surface area contributed by atoms with Gasteiger partial charge in [0.05, 0.1) is 23.0 Å². The van der Waals surface area contributed by atoms with Crippen LogP contribution in [0, 0.1) is 12.8 Å². The smallest absolute Gasteiger partial charge is 0.229 e. The van der Waals surface area contributed by atoms with Gasteiger partial charge in [-0.1, -0.05) is 0 Å². The maximum atomic E-state index is 13.6. The Labute approximate surface area is 198 Å². The van der Waals surface area contributed by atoms with E-state index in [-0.39, 0.29) is 35.2 Å². The maximum absolute atomic E-state index is 13.6. The number of aryl methyl sites for hydroxylation is 1. The molecule has 33 heavy (non-hydrogen) atoms. The molecule has 5 heterocycles. The molecule has 3 aliphatic rings. The normalized spacial score (nSPS) is 28.0. The van der Waals surface area contributed by atoms with Crippen molar-refractivity contribution in [2.24, 2.45) is 11.7 Å². The van der Waals surface area contributed by atoms with E-state index in [1.54, 1.807) is 11.8 Å². The fourth-order valence-electron chi connectivity index (χ4n) is 5.38. The molecule has 4 atom stereocenters. The fourth-order valence-corrected chi connectivity index (χ4v) is 6.76. The average Bonchev–Trinajstić information content (AvgIpc) is 3.52. The molecule has 3 N–H and O–H groups in total. The SMILES string of the molecule is CC(=O)NC1SCCC1C(=O)N1CCCC[C@H]1c1cc2nc(N3CC[C@H](N)C3)c(C)cn2n1. The van der Waals surface area contributed by atoms with E-state index in [0.717, 1.165) is 80.2 Å². The van der Waals surface area contributed by atoms with Crippen LogP contribution in [0.1, 0.15) is 56.3 Å². The molecule has 2 unspecified atom stereocenters. The molecule has 5 rings (SSSR count). The first-order chi connectivity index (χ1) is 15.9. The highest BCUT2D eigenvalue weighted by molar-refractivity contribution is 8.00. The highest BCUT2D eigenvalue weighted by atomic mass is 32.2. The molecule has 0 bridgehead atoms. The zero-order valence-corrected chi connectivity index (χ0v) is 20.2. The minimum Gasteiger partial charge on any atom is -0.355 e. The third-order valence-corrected chi connectivity index (χ3v) is 8.31. The molecule has 2 aromatic heterocycles. The molecule has 0 aromatic carbocycles. The summed E-state index contributed by atoms with van der Waals surface area (Å²) in [7, 11) is 0. The van der Waals surface area contributed by atoms with Crippen LogP contribution in [0.3, 0.4) is 0 Å². The number of amides is 2. The Kier molecular flexibility index (Phi) is 6.22. The molecule has 2 aromatic rings. The first kappa shape index (κ1) is 22.5. The molecule has 3 fully saturated rings. The fraction of sp³-hybridized carbons (Fsp3) is 0.652. The van der Waals surface area contributed by atoms with Gasteiger partial charge in [-0.25, -0.2) is 9.50 Å². The van der Waals surface area contributed by atoms with Crippen LogP contribution >= 0.6 is 11.8 Å². The van der Waals surface area contributed by atoms with Gasteiger partial charge < -0.3 is 20.9 Å². The van der Waals surface area contributed by atoms with Crippen molar-refractivity contribution in [3.8, 4) is 0 Å². The van der Waals surface area contributed by atoms with Gasteiger partial charge in [-0.15, -0.1) is 11.8 Å². The summed E-state index contributed by atoms with van der Waals surface area (Å²) < 4.78 is 1.84. The standard InChI is InChI=1S/C23H33N7O2S/c1-14-12-30-20(26-21(14)28-9-6-16(24)13-28)11-18(27-30)19-5-3-4-8-29(19)23(32)17-7-10-33-22(17)25-15(2)31/h11-12,16-17,19,22H,3-10,13,24H2,1-2H3,(H,25,31)/t16-,17?,19-,22?/m0/s1. The van der Waals surface area contributed by atoms with Crippen molar-refractivity contribution in [1.82, 2.24) is 24.8 Å². The maximum Gasteiger partial charge on any atom is 0.229 e. The molecular weight excluding hydrogens is 438 g/mol. The second-order valence-corrected chi connectivity index (χ2v) is 10.8. The number of likely N-dealkylation sites (tertiary alicyclic amines) is 1. The van der Waals surface area contributed by atoms with E-state index >= 15 is 0 Å². The van der Waals surface area contributed by atoms with Gasteiger partial charge in [-0.2, -0.15) is 5.10 Å². The zero-order valence-electron chi connectivity index (χ0n) is 19.4. The van der Waals surface area contributed by atoms with Gasteiger partial charge in [-0.3, -0.25) is 9.59 Å². The summed E-state index contributed by atoms with van der Waals surface area (Å²) in [6.07, 6.45) is 6.77. The van der Waals surface area contributed by atoms with E-state index in [4.69, 9.17) is 15.8 Å². The minimum atomic E-state index is -0.178. The second-order valence-electron chi connectivity index (χ2n) is 9.54. The number of rotatable bonds is 4. The summed E-state index contributed by atoms with van der Waals surface area (Å²) in [5.41, 5.74) is 8.88. The molecule has 0 aliphatic carbocycles. The number of hydrogen-bond donors (Lipinski definition) is 2. The van der Waals surface area contributed by atoms with Gasteiger partial charge in [0.1, 0.15) is 5.82 Å². The third-order valence-electron chi connectivity index (χ3n) is 7.03. The van der Waals surface area contributed by atoms with Gasteiger partial charge >= 0.3 is 0 Å². The molecule has 0 saturated carbocycles. The minimum absolute atomic E-state index is 0.0551. The summed E-state index contributed by atoms with van der Waals surface area (Å²) in [4.78, 5) is 34.4. The molecule has 3 aliphatic heterocycles. The van der Waals surface area contributed by atoms with E-state index < -0.39 is 0 Å². The van der Waals surface area contributed by atoms with Crippen LogP contribution in [-0.4, -0.2) is 68.1 Å². The summed E-state index contributed by atoms with van der Waals surface area (Å²) in [6.45, 7) is 6.05. The summed E-state index contributed by atoms with van der Waals surface area (Å²) in [6, 6.07) is 2.17. The van der Waals surface area contributed by atoms with Crippen LogP contribution in [0.25, 0.3) is 5.65 Å². The van der Waals surface area contributed by atoms with Crippen LogP contribution < -0.4 is 16.0 Å². The number of carbonyl (C=O) groups excluding carboxylic acids is 2. The number of piperidine rings is 1. The van der Waals surface area contributed by atoms with Crippen molar-refractivity contribution in [3.63, 3.8) is 0 Å². The van der Waals surface area contributed by atoms with Crippen LogP contribution in [-0.2, 0) is 9.59 Å². The molecule has 178 valence electrons. The van der Waals surface area contributed by atoms with E-state index in [9.17, 15) is 9.59 Å². The number of nitrogens with zero attached hydrogens (tertiary/aromatic N) is 5. The van der Waals surface area contributed by atoms with Gasteiger partial charge in [0, 0.05) is 50.4 Å². The van der Waals surface area contributed by atoms with Crippen molar-refractivity contribution in [3.05, 3.63) is 23.5 Å². The van der Waals surface area contributed by atoms with Crippen LogP contribution in [0.2, 0.25) is 0 Å². The summed E-state index contributed by atoms with van der Waals surface area (Å²) >= 11 is 1.66. The van der Waals surface area contributed by atoms with E-state index in [1.165, 1.54) is 6.92 Å². The topological polar surface area (TPSA) is 109 Å². The lowest BCUT2D eigenvalue weighted by atomic mass is 9.95. The number of hydrogen-bond acceptors (Lipinski definition) is 7. The predicted octanol–water partition coefficient (Wildman–Crippen LogP) is 1.84. The summed E-state index contributed by atoms with van der Waals surface area (Å²) in [5, 5.41) is 7.67. The van der Waals surface area contributed by atoms with Crippen LogP contribution in [0.15, 0.2) is 12.3 Å². The van der Waals surface area contributed by atoms with Crippen molar-refractivity contribution in [1.29, 1.82) is 0 Å². The van der Waals surface area contributed by atoms with Gasteiger partial charge in [0.2, 0.25) is 11.8 Å². The number of carbonyl (C=O) groups is 2. The van der Waals surface area contributed by atoms with Gasteiger partial charge in [-0.05, 0) is 44.8 Å². The van der Waals surface area contributed by atoms with Crippen molar-refractivity contribution >= 4 is 35.0 Å². The van der Waals surface area contributed by atoms with Gasteiger partial charge in [0.25, 0.3) is 0 Å². The molecule has 10 heteroatoms. The lowest BCUT2D eigenvalue weighted by molar-refractivity contribution is -0.139. The Morgan fingerprint density at radius 1 is 1.21 bits per heavy atom. The quantitative estimate of drug-likeness (QED) is 0.700. The van der Waals surface area contributed by atoms with Gasteiger partial charge in [0.15, 0.2) is 5.65 Å². The highest BCUT2D eigenvalue weighted by Crippen LogP contribution is 2.37. The number of fused-ring (bicyclic) bond motifs is 1. The van der Waals surface area contributed by atoms with Crippen LogP contribution in [0.4, 0.5) is 5.82 Å². The van der Waals surface area contributed by atoms with E-state index in [0.29, 0.717) is 0 Å². The van der Waals surface area contributed by atoms with Crippen LogP contribution in [0.5, 0.6) is 0 Å². The number of aromatic nitrogens is 3. The Balaban J connectivity index is 1.41. The lowest BCUT2D eigenvalue weighted by Crippen LogP contribution is -2.47. The lowest BCUT2D eigenvalue weighted by Gasteiger charge is -2.37. The van der Waals surface area contributed by atoms with Crippen molar-refractivity contribution < 1.29 is 9.59 Å².